The number of halogens is 1. The molecule has 2 amide bonds. The first-order valence-electron chi connectivity index (χ1n) is 7.66. The number of fused-ring (bicyclic) bond motifs is 1. The van der Waals surface area contributed by atoms with E-state index in [-0.39, 0.29) is 37.2 Å². The van der Waals surface area contributed by atoms with Crippen LogP contribution in [-0.4, -0.2) is 30.4 Å². The Balaban J connectivity index is 0.00000288. The SMILES string of the molecule is CC(C)(CN)NC(=O)CNC(=O)Cc1cccc2ccccc12.Cl. The second-order valence-electron chi connectivity index (χ2n) is 6.23. The Labute approximate surface area is 148 Å². The molecule has 0 heterocycles. The van der Waals surface area contributed by atoms with E-state index in [1.165, 1.54) is 0 Å². The maximum Gasteiger partial charge on any atom is 0.239 e. The van der Waals surface area contributed by atoms with Gasteiger partial charge < -0.3 is 16.4 Å². The minimum atomic E-state index is -0.475. The van der Waals surface area contributed by atoms with Gasteiger partial charge in [0.15, 0.2) is 0 Å². The summed E-state index contributed by atoms with van der Waals surface area (Å²) < 4.78 is 0. The van der Waals surface area contributed by atoms with Crippen molar-refractivity contribution < 1.29 is 9.59 Å². The molecule has 0 spiro atoms. The van der Waals surface area contributed by atoms with E-state index in [1.807, 2.05) is 56.3 Å². The van der Waals surface area contributed by atoms with E-state index in [0.29, 0.717) is 6.54 Å². The first-order valence-corrected chi connectivity index (χ1v) is 7.66. The van der Waals surface area contributed by atoms with E-state index in [1.54, 1.807) is 0 Å². The Hall–Kier alpha value is -2.11. The van der Waals surface area contributed by atoms with Crippen LogP contribution in [0.25, 0.3) is 10.8 Å². The topological polar surface area (TPSA) is 84.2 Å². The lowest BCUT2D eigenvalue weighted by molar-refractivity contribution is -0.126. The van der Waals surface area contributed by atoms with E-state index in [9.17, 15) is 9.59 Å². The highest BCUT2D eigenvalue weighted by molar-refractivity contribution is 5.91. The second kappa shape index (κ2) is 8.66. The van der Waals surface area contributed by atoms with Crippen molar-refractivity contribution in [3.63, 3.8) is 0 Å². The number of nitrogens with two attached hydrogens (primary N) is 1. The van der Waals surface area contributed by atoms with Gasteiger partial charge in [-0.25, -0.2) is 0 Å². The van der Waals surface area contributed by atoms with Gasteiger partial charge in [0.05, 0.1) is 13.0 Å². The van der Waals surface area contributed by atoms with Gasteiger partial charge in [0, 0.05) is 12.1 Å². The normalized spacial score (nSPS) is 10.8. The van der Waals surface area contributed by atoms with Crippen molar-refractivity contribution in [1.82, 2.24) is 10.6 Å². The molecule has 0 bridgehead atoms. The van der Waals surface area contributed by atoms with Crippen LogP contribution in [0, 0.1) is 0 Å². The van der Waals surface area contributed by atoms with Crippen molar-refractivity contribution in [1.29, 1.82) is 0 Å². The van der Waals surface area contributed by atoms with Crippen LogP contribution in [0.15, 0.2) is 42.5 Å². The van der Waals surface area contributed by atoms with Crippen LogP contribution in [0.1, 0.15) is 19.4 Å². The number of carbonyl (C=O) groups excluding carboxylic acids is 2. The smallest absolute Gasteiger partial charge is 0.239 e. The third-order valence-electron chi connectivity index (χ3n) is 3.67. The molecule has 0 unspecified atom stereocenters. The molecule has 0 aromatic heterocycles. The lowest BCUT2D eigenvalue weighted by Crippen LogP contribution is -2.51. The van der Waals surface area contributed by atoms with E-state index in [2.05, 4.69) is 10.6 Å². The summed E-state index contributed by atoms with van der Waals surface area (Å²) in [6.45, 7) is 3.96. The van der Waals surface area contributed by atoms with Crippen molar-refractivity contribution in [2.75, 3.05) is 13.1 Å². The molecule has 0 saturated heterocycles. The molecule has 2 aromatic carbocycles. The van der Waals surface area contributed by atoms with Crippen molar-refractivity contribution in [2.45, 2.75) is 25.8 Å². The molecule has 0 radical (unpaired) electrons. The summed E-state index contributed by atoms with van der Waals surface area (Å²) in [4.78, 5) is 23.9. The molecule has 0 aliphatic rings. The van der Waals surface area contributed by atoms with Gasteiger partial charge in [-0.15, -0.1) is 12.4 Å². The summed E-state index contributed by atoms with van der Waals surface area (Å²) >= 11 is 0. The van der Waals surface area contributed by atoms with Gasteiger partial charge in [0.25, 0.3) is 0 Å². The monoisotopic (exact) mass is 349 g/mol. The highest BCUT2D eigenvalue weighted by Gasteiger charge is 2.18. The quantitative estimate of drug-likeness (QED) is 0.743. The first-order chi connectivity index (χ1) is 10.9. The van der Waals surface area contributed by atoms with Gasteiger partial charge in [-0.05, 0) is 30.2 Å². The molecule has 0 saturated carbocycles. The largest absolute Gasteiger partial charge is 0.348 e. The minimum Gasteiger partial charge on any atom is -0.348 e. The Kier molecular flexibility index (Phi) is 7.19. The molecule has 4 N–H and O–H groups in total. The van der Waals surface area contributed by atoms with Crippen molar-refractivity contribution >= 4 is 35.0 Å². The molecular weight excluding hydrogens is 326 g/mol. The first kappa shape index (κ1) is 19.9. The molecule has 130 valence electrons. The maximum atomic E-state index is 12.1. The fourth-order valence-electron chi connectivity index (χ4n) is 2.33. The molecule has 6 heteroatoms. The van der Waals surface area contributed by atoms with Crippen LogP contribution < -0.4 is 16.4 Å². The number of amides is 2. The van der Waals surface area contributed by atoms with Gasteiger partial charge >= 0.3 is 0 Å². The summed E-state index contributed by atoms with van der Waals surface area (Å²) in [6, 6.07) is 13.8. The number of rotatable bonds is 6. The minimum absolute atomic E-state index is 0. The van der Waals surface area contributed by atoms with Gasteiger partial charge in [-0.3, -0.25) is 9.59 Å². The van der Waals surface area contributed by atoms with E-state index in [0.717, 1.165) is 16.3 Å². The zero-order valence-electron chi connectivity index (χ0n) is 14.0. The number of carbonyl (C=O) groups is 2. The number of hydrogen-bond acceptors (Lipinski definition) is 3. The lowest BCUT2D eigenvalue weighted by atomic mass is 10.0. The Morgan fingerprint density at radius 3 is 2.42 bits per heavy atom. The van der Waals surface area contributed by atoms with Crippen molar-refractivity contribution in [3.8, 4) is 0 Å². The molecule has 24 heavy (non-hydrogen) atoms. The second-order valence-corrected chi connectivity index (χ2v) is 6.23. The van der Waals surface area contributed by atoms with Crippen molar-refractivity contribution in [3.05, 3.63) is 48.0 Å². The predicted octanol–water partition coefficient (Wildman–Crippen LogP) is 1.77. The molecule has 0 aliphatic heterocycles. The fraction of sp³-hybridized carbons (Fsp3) is 0.333. The third-order valence-corrected chi connectivity index (χ3v) is 3.67. The zero-order valence-corrected chi connectivity index (χ0v) is 14.8. The highest BCUT2D eigenvalue weighted by atomic mass is 35.5. The van der Waals surface area contributed by atoms with Crippen LogP contribution >= 0.6 is 12.4 Å². The average Bonchev–Trinajstić information content (AvgIpc) is 2.53. The highest BCUT2D eigenvalue weighted by Crippen LogP contribution is 2.18. The van der Waals surface area contributed by atoms with Crippen LogP contribution in [-0.2, 0) is 16.0 Å². The third kappa shape index (κ3) is 5.51. The van der Waals surface area contributed by atoms with Gasteiger partial charge in [0.1, 0.15) is 0 Å². The fourth-order valence-corrected chi connectivity index (χ4v) is 2.33. The van der Waals surface area contributed by atoms with Crippen molar-refractivity contribution in [2.24, 2.45) is 5.73 Å². The molecule has 0 atom stereocenters. The summed E-state index contributed by atoms with van der Waals surface area (Å²) in [5.74, 6) is -0.422. The average molecular weight is 350 g/mol. The Morgan fingerprint density at radius 2 is 1.71 bits per heavy atom. The number of hydrogen-bond donors (Lipinski definition) is 3. The van der Waals surface area contributed by atoms with Crippen LogP contribution in [0.5, 0.6) is 0 Å². The predicted molar refractivity (Wildman–Crippen MR) is 99.2 cm³/mol. The van der Waals surface area contributed by atoms with Gasteiger partial charge in [-0.2, -0.15) is 0 Å². The summed E-state index contributed by atoms with van der Waals surface area (Å²) in [5.41, 5.74) is 6.04. The molecule has 5 nitrogen and oxygen atoms in total. The Bertz CT molecular complexity index is 711. The molecule has 0 fully saturated rings. The van der Waals surface area contributed by atoms with E-state index >= 15 is 0 Å². The summed E-state index contributed by atoms with van der Waals surface area (Å²) in [7, 11) is 0. The Morgan fingerprint density at radius 1 is 1.04 bits per heavy atom. The van der Waals surface area contributed by atoms with E-state index < -0.39 is 5.54 Å². The zero-order chi connectivity index (χ0) is 16.9. The van der Waals surface area contributed by atoms with Gasteiger partial charge in [-0.1, -0.05) is 42.5 Å². The summed E-state index contributed by atoms with van der Waals surface area (Å²) in [5, 5.41) is 7.58. The lowest BCUT2D eigenvalue weighted by Gasteiger charge is -2.24. The van der Waals surface area contributed by atoms with E-state index in [4.69, 9.17) is 5.73 Å². The summed E-state index contributed by atoms with van der Waals surface area (Å²) in [6.07, 6.45) is 0.245. The molecule has 2 rings (SSSR count). The number of benzene rings is 2. The van der Waals surface area contributed by atoms with Crippen LogP contribution in [0.2, 0.25) is 0 Å². The van der Waals surface area contributed by atoms with Crippen LogP contribution in [0.3, 0.4) is 0 Å². The standard InChI is InChI=1S/C18H23N3O2.ClH/c1-18(2,12-19)21-17(23)11-20-16(22)10-14-8-5-7-13-6-3-4-9-15(13)14;/h3-9H,10-12,19H2,1-2H3,(H,20,22)(H,21,23);1H. The number of nitrogens with one attached hydrogen (secondary N) is 2. The molecular formula is C18H24ClN3O2. The van der Waals surface area contributed by atoms with Crippen LogP contribution in [0.4, 0.5) is 0 Å². The van der Waals surface area contributed by atoms with Gasteiger partial charge in [0.2, 0.25) is 11.8 Å². The molecule has 2 aromatic rings. The maximum absolute atomic E-state index is 12.1. The molecule has 0 aliphatic carbocycles.